The summed E-state index contributed by atoms with van der Waals surface area (Å²) >= 11 is 0. The van der Waals surface area contributed by atoms with E-state index in [9.17, 15) is 4.79 Å². The van der Waals surface area contributed by atoms with Crippen molar-refractivity contribution in [1.82, 2.24) is 4.57 Å². The van der Waals surface area contributed by atoms with Gasteiger partial charge in [-0.25, -0.2) is 0 Å². The molecule has 0 amide bonds. The van der Waals surface area contributed by atoms with Crippen molar-refractivity contribution in [2.75, 3.05) is 18.0 Å². The van der Waals surface area contributed by atoms with E-state index < -0.39 is 0 Å². The number of anilines is 1. The van der Waals surface area contributed by atoms with E-state index in [2.05, 4.69) is 75.1 Å². The Morgan fingerprint density at radius 1 is 0.824 bits per heavy atom. The van der Waals surface area contributed by atoms with E-state index in [0.717, 1.165) is 51.9 Å². The van der Waals surface area contributed by atoms with E-state index in [1.165, 1.54) is 5.56 Å². The number of hydrogen-bond acceptors (Lipinski definition) is 3. The summed E-state index contributed by atoms with van der Waals surface area (Å²) in [6.07, 6.45) is 2.39. The lowest BCUT2D eigenvalue weighted by atomic mass is 9.96. The maximum Gasteiger partial charge on any atom is 0.262 e. The van der Waals surface area contributed by atoms with Crippen molar-refractivity contribution in [3.05, 3.63) is 94.4 Å². The molecule has 1 aromatic heterocycles. The highest BCUT2D eigenvalue weighted by atomic mass is 19.0. The summed E-state index contributed by atoms with van der Waals surface area (Å²) in [7, 11) is 0. The van der Waals surface area contributed by atoms with E-state index in [1.807, 2.05) is 30.5 Å². The summed E-state index contributed by atoms with van der Waals surface area (Å²) in [6.45, 7) is 10.1. The molecule has 2 atom stereocenters. The lowest BCUT2D eigenvalue weighted by molar-refractivity contribution is -0.00521. The first-order chi connectivity index (χ1) is 15.9. The van der Waals surface area contributed by atoms with Gasteiger partial charge in [-0.2, -0.15) is 0 Å². The molecule has 0 bridgehead atoms. The zero-order valence-corrected chi connectivity index (χ0v) is 20.1. The molecule has 5 rings (SSSR count). The van der Waals surface area contributed by atoms with Crippen LogP contribution in [0.2, 0.25) is 0 Å². The average molecular weight is 459 g/mol. The molecule has 0 spiro atoms. The van der Waals surface area contributed by atoms with E-state index in [0.29, 0.717) is 0 Å². The summed E-state index contributed by atoms with van der Waals surface area (Å²) in [6, 6.07) is 22.8. The molecule has 4 nitrogen and oxygen atoms in total. The molecule has 0 N–H and O–H groups in total. The second-order valence-corrected chi connectivity index (χ2v) is 9.26. The highest BCUT2D eigenvalue weighted by Gasteiger charge is 2.22. The number of fused-ring (bicyclic) bond motifs is 1. The Labute approximate surface area is 199 Å². The van der Waals surface area contributed by atoms with Crippen LogP contribution >= 0.6 is 0 Å². The molecule has 1 aliphatic rings. The summed E-state index contributed by atoms with van der Waals surface area (Å²) in [5.41, 5.74) is 6.58. The first kappa shape index (κ1) is 23.7. The lowest BCUT2D eigenvalue weighted by Gasteiger charge is -2.36. The van der Waals surface area contributed by atoms with Gasteiger partial charge in [0.15, 0.2) is 0 Å². The van der Waals surface area contributed by atoms with Gasteiger partial charge in [-0.15, -0.1) is 0 Å². The predicted octanol–water partition coefficient (Wildman–Crippen LogP) is 6.04. The molecular formula is C29H31FN2O2. The van der Waals surface area contributed by atoms with Crippen LogP contribution in [0.4, 0.5) is 10.4 Å². The van der Waals surface area contributed by atoms with Crippen LogP contribution in [0, 0.1) is 13.8 Å². The highest BCUT2D eigenvalue weighted by Crippen LogP contribution is 2.30. The number of morpholine rings is 1. The summed E-state index contributed by atoms with van der Waals surface area (Å²) in [5.74, 6) is 0. The first-order valence-corrected chi connectivity index (χ1v) is 11.6. The van der Waals surface area contributed by atoms with Gasteiger partial charge in [-0.3, -0.25) is 14.1 Å². The van der Waals surface area contributed by atoms with Crippen LogP contribution < -0.4 is 10.5 Å². The van der Waals surface area contributed by atoms with E-state index >= 15 is 0 Å². The van der Waals surface area contributed by atoms with Crippen molar-refractivity contribution >= 4 is 16.5 Å². The smallest absolute Gasteiger partial charge is 0.262 e. The minimum atomic E-state index is 0. The van der Waals surface area contributed by atoms with Crippen LogP contribution in [0.3, 0.4) is 0 Å². The molecular weight excluding hydrogens is 427 g/mol. The third-order valence-electron chi connectivity index (χ3n) is 6.51. The standard InChI is InChI=1S/C29H30N2O2.FH/c1-19-8-10-23(11-9-19)26-6-5-7-27-28(26)20(2)16-31(29(27)32)25-14-12-24(13-15-25)30-17-21(3)33-22(4)18-30;/h5-16,21-22H,17-18H2,1-4H3;1H/t21-,22+;. The Balaban J connectivity index is 0.00000274. The van der Waals surface area contributed by atoms with Crippen LogP contribution in [-0.4, -0.2) is 29.9 Å². The number of hydrogen-bond donors (Lipinski definition) is 0. The molecule has 1 saturated heterocycles. The fraction of sp³-hybridized carbons (Fsp3) is 0.276. The van der Waals surface area contributed by atoms with Crippen LogP contribution in [0.25, 0.3) is 27.6 Å². The number of halogens is 1. The normalized spacial score (nSPS) is 18.1. The Hall–Kier alpha value is -3.44. The van der Waals surface area contributed by atoms with Crippen molar-refractivity contribution in [2.45, 2.75) is 39.9 Å². The molecule has 5 heteroatoms. The number of aromatic nitrogens is 1. The lowest BCUT2D eigenvalue weighted by Crippen LogP contribution is -2.45. The van der Waals surface area contributed by atoms with Gasteiger partial charge in [-0.05, 0) is 80.1 Å². The Kier molecular flexibility index (Phi) is 6.58. The Morgan fingerprint density at radius 2 is 1.44 bits per heavy atom. The zero-order chi connectivity index (χ0) is 23.1. The Bertz CT molecular complexity index is 1350. The summed E-state index contributed by atoms with van der Waals surface area (Å²) in [5, 5.41) is 1.77. The van der Waals surface area contributed by atoms with Gasteiger partial charge in [-0.1, -0.05) is 42.0 Å². The maximum atomic E-state index is 13.5. The predicted molar refractivity (Wildman–Crippen MR) is 139 cm³/mol. The van der Waals surface area contributed by atoms with Gasteiger partial charge in [0, 0.05) is 36.0 Å². The second-order valence-electron chi connectivity index (χ2n) is 9.26. The van der Waals surface area contributed by atoms with Crippen LogP contribution in [0.1, 0.15) is 25.0 Å². The number of benzene rings is 3. The molecule has 2 heterocycles. The van der Waals surface area contributed by atoms with Gasteiger partial charge < -0.3 is 9.64 Å². The van der Waals surface area contributed by atoms with Gasteiger partial charge in [0.2, 0.25) is 0 Å². The Morgan fingerprint density at radius 3 is 2.09 bits per heavy atom. The number of nitrogens with zero attached hydrogens (tertiary/aromatic N) is 2. The van der Waals surface area contributed by atoms with Crippen LogP contribution in [0.15, 0.2) is 77.7 Å². The molecule has 176 valence electrons. The molecule has 0 radical (unpaired) electrons. The molecule has 0 aliphatic carbocycles. The van der Waals surface area contributed by atoms with Crippen molar-refractivity contribution in [3.63, 3.8) is 0 Å². The highest BCUT2D eigenvalue weighted by molar-refractivity contribution is 5.98. The summed E-state index contributed by atoms with van der Waals surface area (Å²) in [4.78, 5) is 15.9. The monoisotopic (exact) mass is 458 g/mol. The largest absolute Gasteiger partial charge is 0.372 e. The van der Waals surface area contributed by atoms with Gasteiger partial charge in [0.05, 0.1) is 12.2 Å². The van der Waals surface area contributed by atoms with Crippen LogP contribution in [0.5, 0.6) is 0 Å². The third-order valence-corrected chi connectivity index (χ3v) is 6.51. The van der Waals surface area contributed by atoms with Gasteiger partial charge in [0.1, 0.15) is 0 Å². The fourth-order valence-electron chi connectivity index (χ4n) is 4.98. The van der Waals surface area contributed by atoms with Crippen molar-refractivity contribution in [1.29, 1.82) is 0 Å². The topological polar surface area (TPSA) is 34.5 Å². The van der Waals surface area contributed by atoms with Crippen LogP contribution in [-0.2, 0) is 4.74 Å². The fourth-order valence-corrected chi connectivity index (χ4v) is 4.98. The van der Waals surface area contributed by atoms with E-state index in [4.69, 9.17) is 4.74 Å². The molecule has 1 fully saturated rings. The second kappa shape index (κ2) is 9.43. The molecule has 0 saturated carbocycles. The van der Waals surface area contributed by atoms with Crippen molar-refractivity contribution in [2.24, 2.45) is 0 Å². The molecule has 3 aromatic carbocycles. The molecule has 34 heavy (non-hydrogen) atoms. The van der Waals surface area contributed by atoms with Gasteiger partial charge >= 0.3 is 0 Å². The molecule has 4 aromatic rings. The SMILES string of the molecule is Cc1ccc(-c2cccc3c(=O)n(-c4ccc(N5C[C@@H](C)O[C@@H](C)C5)cc4)cc(C)c23)cc1.F. The number of ether oxygens (including phenoxy) is 1. The molecule has 0 unspecified atom stereocenters. The quantitative estimate of drug-likeness (QED) is 0.375. The van der Waals surface area contributed by atoms with Crippen molar-refractivity contribution in [3.8, 4) is 16.8 Å². The number of pyridine rings is 1. The third kappa shape index (κ3) is 4.36. The minimum absolute atomic E-state index is 0. The first-order valence-electron chi connectivity index (χ1n) is 11.6. The van der Waals surface area contributed by atoms with Gasteiger partial charge in [0.25, 0.3) is 5.56 Å². The summed E-state index contributed by atoms with van der Waals surface area (Å²) < 4.78 is 7.63. The minimum Gasteiger partial charge on any atom is -0.372 e. The van der Waals surface area contributed by atoms with E-state index in [-0.39, 0.29) is 22.5 Å². The van der Waals surface area contributed by atoms with E-state index in [1.54, 1.807) is 4.57 Å². The maximum absolute atomic E-state index is 13.5. The van der Waals surface area contributed by atoms with Crippen molar-refractivity contribution < 1.29 is 9.44 Å². The zero-order valence-electron chi connectivity index (χ0n) is 20.1. The average Bonchev–Trinajstić information content (AvgIpc) is 2.81. The number of aryl methyl sites for hydroxylation is 2. The number of rotatable bonds is 3. The molecule has 1 aliphatic heterocycles.